The fraction of sp³-hybridized carbons (Fsp3) is 0.471. The van der Waals surface area contributed by atoms with Gasteiger partial charge in [-0.2, -0.15) is 0 Å². The standard InChI is InChI=1S/C17H22N4/c18-13-5-3-4-12-14(7-9-19-17(12)13)20-15-8-11-21-10-2-1-6-16(15)21/h3-5,7,9,15-16H,1-2,6,8,10-11,18H2,(H,19,20). The molecule has 0 spiro atoms. The Labute approximate surface area is 125 Å². The van der Waals surface area contributed by atoms with Gasteiger partial charge in [0.05, 0.1) is 11.2 Å². The van der Waals surface area contributed by atoms with Crippen LogP contribution in [0, 0.1) is 0 Å². The minimum absolute atomic E-state index is 0.553. The molecule has 2 unspecified atom stereocenters. The van der Waals surface area contributed by atoms with Gasteiger partial charge in [0.2, 0.25) is 0 Å². The monoisotopic (exact) mass is 282 g/mol. The largest absolute Gasteiger partial charge is 0.397 e. The van der Waals surface area contributed by atoms with Crippen molar-refractivity contribution >= 4 is 22.3 Å². The molecule has 0 bridgehead atoms. The number of hydrogen-bond donors (Lipinski definition) is 2. The summed E-state index contributed by atoms with van der Waals surface area (Å²) in [7, 11) is 0. The Balaban J connectivity index is 1.64. The highest BCUT2D eigenvalue weighted by molar-refractivity contribution is 5.97. The molecular weight excluding hydrogens is 260 g/mol. The molecule has 4 rings (SSSR count). The van der Waals surface area contributed by atoms with Crippen LogP contribution in [0.4, 0.5) is 11.4 Å². The Morgan fingerprint density at radius 1 is 1.14 bits per heavy atom. The molecule has 0 saturated carbocycles. The smallest absolute Gasteiger partial charge is 0.0951 e. The average Bonchev–Trinajstić information content (AvgIpc) is 2.92. The number of benzene rings is 1. The third-order valence-corrected chi connectivity index (χ3v) is 5.00. The fourth-order valence-electron chi connectivity index (χ4n) is 3.94. The van der Waals surface area contributed by atoms with Gasteiger partial charge in [0, 0.05) is 35.9 Å². The zero-order chi connectivity index (χ0) is 14.2. The lowest BCUT2D eigenvalue weighted by Gasteiger charge is -2.33. The summed E-state index contributed by atoms with van der Waals surface area (Å²) in [6.07, 6.45) is 7.13. The van der Waals surface area contributed by atoms with E-state index in [1.54, 1.807) is 0 Å². The van der Waals surface area contributed by atoms with Gasteiger partial charge in [-0.3, -0.25) is 9.88 Å². The summed E-state index contributed by atoms with van der Waals surface area (Å²) in [5.74, 6) is 0. The first-order valence-electron chi connectivity index (χ1n) is 7.97. The molecule has 4 nitrogen and oxygen atoms in total. The highest BCUT2D eigenvalue weighted by atomic mass is 15.2. The summed E-state index contributed by atoms with van der Waals surface area (Å²) < 4.78 is 0. The zero-order valence-corrected chi connectivity index (χ0v) is 12.3. The van der Waals surface area contributed by atoms with E-state index in [2.05, 4.69) is 27.3 Å². The van der Waals surface area contributed by atoms with E-state index in [-0.39, 0.29) is 0 Å². The number of aromatic nitrogens is 1. The first kappa shape index (κ1) is 12.9. The van der Waals surface area contributed by atoms with Crippen molar-refractivity contribution in [2.75, 3.05) is 24.1 Å². The molecule has 2 aliphatic rings. The Hall–Kier alpha value is -1.81. The highest BCUT2D eigenvalue weighted by Gasteiger charge is 2.35. The number of nitrogens with one attached hydrogen (secondary N) is 1. The van der Waals surface area contributed by atoms with Crippen molar-refractivity contribution in [1.29, 1.82) is 0 Å². The second-order valence-electron chi connectivity index (χ2n) is 6.24. The molecule has 2 saturated heterocycles. The molecule has 0 aliphatic carbocycles. The van der Waals surface area contributed by atoms with E-state index in [9.17, 15) is 0 Å². The van der Waals surface area contributed by atoms with Crippen molar-refractivity contribution in [1.82, 2.24) is 9.88 Å². The molecule has 2 fully saturated rings. The molecule has 21 heavy (non-hydrogen) atoms. The molecule has 2 aliphatic heterocycles. The van der Waals surface area contributed by atoms with Crippen molar-refractivity contribution in [3.63, 3.8) is 0 Å². The topological polar surface area (TPSA) is 54.2 Å². The summed E-state index contributed by atoms with van der Waals surface area (Å²) in [6.45, 7) is 2.50. The van der Waals surface area contributed by atoms with E-state index >= 15 is 0 Å². The van der Waals surface area contributed by atoms with Crippen molar-refractivity contribution in [3.8, 4) is 0 Å². The SMILES string of the molecule is Nc1cccc2c(NC3CCN4CCCCC34)ccnc12. The average molecular weight is 282 g/mol. The first-order valence-corrected chi connectivity index (χ1v) is 7.97. The van der Waals surface area contributed by atoms with Crippen LogP contribution in [-0.4, -0.2) is 35.1 Å². The molecule has 1 aromatic carbocycles. The quantitative estimate of drug-likeness (QED) is 0.832. The molecule has 0 radical (unpaired) electrons. The predicted molar refractivity (Wildman–Crippen MR) is 87.4 cm³/mol. The van der Waals surface area contributed by atoms with E-state index in [1.165, 1.54) is 44.5 Å². The number of nitrogens with zero attached hydrogens (tertiary/aromatic N) is 2. The van der Waals surface area contributed by atoms with Crippen LogP contribution >= 0.6 is 0 Å². The summed E-state index contributed by atoms with van der Waals surface area (Å²) in [4.78, 5) is 7.07. The van der Waals surface area contributed by atoms with Crippen LogP contribution in [0.25, 0.3) is 10.9 Å². The van der Waals surface area contributed by atoms with Gasteiger partial charge < -0.3 is 11.1 Å². The molecule has 0 amide bonds. The molecule has 2 aromatic rings. The van der Waals surface area contributed by atoms with Gasteiger partial charge in [-0.25, -0.2) is 0 Å². The maximum Gasteiger partial charge on any atom is 0.0951 e. The lowest BCUT2D eigenvalue weighted by Crippen LogP contribution is -2.41. The summed E-state index contributed by atoms with van der Waals surface area (Å²) in [5.41, 5.74) is 8.87. The van der Waals surface area contributed by atoms with Crippen LogP contribution in [0.5, 0.6) is 0 Å². The minimum atomic E-state index is 0.553. The fourth-order valence-corrected chi connectivity index (χ4v) is 3.94. The number of nitrogen functional groups attached to an aromatic ring is 1. The maximum absolute atomic E-state index is 6.04. The molecule has 3 N–H and O–H groups in total. The summed E-state index contributed by atoms with van der Waals surface area (Å²) in [6, 6.07) is 9.35. The van der Waals surface area contributed by atoms with Gasteiger partial charge >= 0.3 is 0 Å². The first-order chi connectivity index (χ1) is 10.3. The number of hydrogen-bond acceptors (Lipinski definition) is 4. The third-order valence-electron chi connectivity index (χ3n) is 5.00. The van der Waals surface area contributed by atoms with Crippen LogP contribution < -0.4 is 11.1 Å². The van der Waals surface area contributed by atoms with Crippen molar-refractivity contribution < 1.29 is 0 Å². The van der Waals surface area contributed by atoms with Gasteiger partial charge in [0.1, 0.15) is 0 Å². The number of piperidine rings is 1. The maximum atomic E-state index is 6.04. The Bertz CT molecular complexity index is 654. The van der Waals surface area contributed by atoms with Gasteiger partial charge in [-0.15, -0.1) is 0 Å². The minimum Gasteiger partial charge on any atom is -0.397 e. The third kappa shape index (κ3) is 2.23. The van der Waals surface area contributed by atoms with E-state index in [0.29, 0.717) is 12.1 Å². The number of pyridine rings is 1. The van der Waals surface area contributed by atoms with E-state index < -0.39 is 0 Å². The molecule has 2 atom stereocenters. The van der Waals surface area contributed by atoms with Gasteiger partial charge in [-0.1, -0.05) is 18.6 Å². The molecule has 1 aromatic heterocycles. The van der Waals surface area contributed by atoms with Crippen LogP contribution in [0.15, 0.2) is 30.5 Å². The van der Waals surface area contributed by atoms with Crippen molar-refractivity contribution in [2.45, 2.75) is 37.8 Å². The molecule has 4 heteroatoms. The molecule has 110 valence electrons. The summed E-state index contributed by atoms with van der Waals surface area (Å²) >= 11 is 0. The number of anilines is 2. The molecule has 3 heterocycles. The van der Waals surface area contributed by atoms with Crippen molar-refractivity contribution in [3.05, 3.63) is 30.5 Å². The van der Waals surface area contributed by atoms with Gasteiger partial charge in [0.15, 0.2) is 0 Å². The van der Waals surface area contributed by atoms with Crippen LogP contribution in [0.1, 0.15) is 25.7 Å². The van der Waals surface area contributed by atoms with Crippen molar-refractivity contribution in [2.24, 2.45) is 0 Å². The zero-order valence-electron chi connectivity index (χ0n) is 12.3. The Morgan fingerprint density at radius 3 is 3.05 bits per heavy atom. The summed E-state index contributed by atoms with van der Waals surface area (Å²) in [5, 5.41) is 4.90. The lowest BCUT2D eigenvalue weighted by molar-refractivity contribution is 0.193. The predicted octanol–water partition coefficient (Wildman–Crippen LogP) is 2.86. The highest BCUT2D eigenvalue weighted by Crippen LogP contribution is 2.32. The van der Waals surface area contributed by atoms with E-state index in [0.717, 1.165) is 16.6 Å². The van der Waals surface area contributed by atoms with E-state index in [1.807, 2.05) is 18.3 Å². The number of rotatable bonds is 2. The van der Waals surface area contributed by atoms with Gasteiger partial charge in [0.25, 0.3) is 0 Å². The van der Waals surface area contributed by atoms with Crippen LogP contribution in [-0.2, 0) is 0 Å². The Morgan fingerprint density at radius 2 is 2.10 bits per heavy atom. The van der Waals surface area contributed by atoms with E-state index in [4.69, 9.17) is 5.73 Å². The van der Waals surface area contributed by atoms with Crippen LogP contribution in [0.2, 0.25) is 0 Å². The lowest BCUT2D eigenvalue weighted by atomic mass is 9.98. The number of nitrogens with two attached hydrogens (primary N) is 1. The Kier molecular flexibility index (Phi) is 3.19. The number of para-hydroxylation sites is 1. The van der Waals surface area contributed by atoms with Gasteiger partial charge in [-0.05, 0) is 37.9 Å². The second-order valence-corrected chi connectivity index (χ2v) is 6.24. The number of fused-ring (bicyclic) bond motifs is 2. The second kappa shape index (κ2) is 5.19. The van der Waals surface area contributed by atoms with Crippen LogP contribution in [0.3, 0.4) is 0 Å². The molecular formula is C17H22N4. The normalized spacial score (nSPS) is 25.9.